The Bertz CT molecular complexity index is 698. The predicted octanol–water partition coefficient (Wildman–Crippen LogP) is 3.59. The molecular weight excluding hydrogens is 322 g/mol. The molecule has 0 unspecified atom stereocenters. The number of aromatic nitrogens is 2. The number of nitrogens with two attached hydrogens (primary N) is 1. The van der Waals surface area contributed by atoms with Gasteiger partial charge in [-0.3, -0.25) is 0 Å². The topological polar surface area (TPSA) is 67.1 Å². The largest absolute Gasteiger partial charge is 0.370 e. The number of rotatable bonds is 6. The Labute approximate surface area is 148 Å². The maximum Gasteiger partial charge on any atom is 0.222 e. The second-order valence-electron chi connectivity index (χ2n) is 6.24. The van der Waals surface area contributed by atoms with Crippen molar-refractivity contribution >= 4 is 23.4 Å². The maximum absolute atomic E-state index is 6.21. The monoisotopic (exact) mass is 345 g/mol. The summed E-state index contributed by atoms with van der Waals surface area (Å²) in [6.07, 6.45) is 3.76. The lowest BCUT2D eigenvalue weighted by Crippen LogP contribution is -2.22. The van der Waals surface area contributed by atoms with E-state index in [1.165, 1.54) is 25.9 Å². The summed E-state index contributed by atoms with van der Waals surface area (Å²) in [7, 11) is 0. The molecule has 0 atom stereocenters. The zero-order valence-corrected chi connectivity index (χ0v) is 14.8. The first-order valence-corrected chi connectivity index (χ1v) is 8.87. The highest BCUT2D eigenvalue weighted by molar-refractivity contribution is 6.31. The molecule has 6 heteroatoms. The van der Waals surface area contributed by atoms with Crippen molar-refractivity contribution in [2.45, 2.75) is 26.2 Å². The molecule has 1 aliphatic heterocycles. The van der Waals surface area contributed by atoms with Crippen LogP contribution in [0.15, 0.2) is 24.3 Å². The first-order chi connectivity index (χ1) is 11.6. The standard InChI is InChI=1S/C18H24ClN5/c1-13-14(6-4-7-15(13)19)16-12-17(23-18(20)22-16)21-8-5-11-24-9-2-3-10-24/h4,6-7,12H,2-3,5,8-11H2,1H3,(H3,20,21,22,23). The van der Waals surface area contributed by atoms with Gasteiger partial charge in [-0.05, 0) is 57.5 Å². The number of anilines is 2. The third kappa shape index (κ3) is 4.16. The number of benzene rings is 1. The SMILES string of the molecule is Cc1c(Cl)cccc1-c1cc(NCCCN2CCCC2)nc(N)n1. The molecule has 1 aliphatic rings. The molecule has 1 aromatic heterocycles. The van der Waals surface area contributed by atoms with Crippen molar-refractivity contribution in [2.75, 3.05) is 37.2 Å². The molecule has 0 radical (unpaired) electrons. The van der Waals surface area contributed by atoms with Crippen molar-refractivity contribution in [3.05, 3.63) is 34.9 Å². The molecule has 2 aromatic rings. The summed E-state index contributed by atoms with van der Waals surface area (Å²) in [5, 5.41) is 4.09. The van der Waals surface area contributed by atoms with Gasteiger partial charge >= 0.3 is 0 Å². The van der Waals surface area contributed by atoms with Crippen molar-refractivity contribution in [1.29, 1.82) is 0 Å². The van der Waals surface area contributed by atoms with Gasteiger partial charge < -0.3 is 16.0 Å². The molecule has 1 saturated heterocycles. The van der Waals surface area contributed by atoms with E-state index in [0.717, 1.165) is 47.2 Å². The highest BCUT2D eigenvalue weighted by atomic mass is 35.5. The van der Waals surface area contributed by atoms with Gasteiger partial charge in [0.05, 0.1) is 5.69 Å². The quantitative estimate of drug-likeness (QED) is 0.783. The predicted molar refractivity (Wildman–Crippen MR) is 100 cm³/mol. The van der Waals surface area contributed by atoms with Gasteiger partial charge in [0.25, 0.3) is 0 Å². The first-order valence-electron chi connectivity index (χ1n) is 8.50. The van der Waals surface area contributed by atoms with Crippen molar-refractivity contribution in [2.24, 2.45) is 0 Å². The molecule has 0 aliphatic carbocycles. The van der Waals surface area contributed by atoms with E-state index in [-0.39, 0.29) is 5.95 Å². The average molecular weight is 346 g/mol. The van der Waals surface area contributed by atoms with Gasteiger partial charge in [0.2, 0.25) is 5.95 Å². The molecular formula is C18H24ClN5. The number of hydrogen-bond acceptors (Lipinski definition) is 5. The minimum atomic E-state index is 0.272. The van der Waals surface area contributed by atoms with Crippen LogP contribution in [-0.2, 0) is 0 Å². The van der Waals surface area contributed by atoms with E-state index in [1.54, 1.807) is 0 Å². The van der Waals surface area contributed by atoms with E-state index < -0.39 is 0 Å². The summed E-state index contributed by atoms with van der Waals surface area (Å²) >= 11 is 6.21. The van der Waals surface area contributed by atoms with Gasteiger partial charge in [0.1, 0.15) is 5.82 Å². The van der Waals surface area contributed by atoms with Crippen molar-refractivity contribution < 1.29 is 0 Å². The van der Waals surface area contributed by atoms with E-state index >= 15 is 0 Å². The Morgan fingerprint density at radius 1 is 1.25 bits per heavy atom. The smallest absolute Gasteiger partial charge is 0.222 e. The second kappa shape index (κ2) is 7.81. The fourth-order valence-electron chi connectivity index (χ4n) is 3.10. The molecule has 5 nitrogen and oxygen atoms in total. The van der Waals surface area contributed by atoms with Crippen LogP contribution >= 0.6 is 11.6 Å². The third-order valence-corrected chi connectivity index (χ3v) is 4.85. The lowest BCUT2D eigenvalue weighted by atomic mass is 10.1. The molecule has 1 aromatic carbocycles. The van der Waals surface area contributed by atoms with Crippen molar-refractivity contribution in [1.82, 2.24) is 14.9 Å². The Kier molecular flexibility index (Phi) is 5.53. The van der Waals surface area contributed by atoms with E-state index in [2.05, 4.69) is 20.2 Å². The summed E-state index contributed by atoms with van der Waals surface area (Å²) in [6, 6.07) is 7.74. The summed E-state index contributed by atoms with van der Waals surface area (Å²) in [5.41, 5.74) is 8.66. The first kappa shape index (κ1) is 17.0. The summed E-state index contributed by atoms with van der Waals surface area (Å²) in [5.74, 6) is 1.03. The van der Waals surface area contributed by atoms with Crippen LogP contribution in [0.3, 0.4) is 0 Å². The molecule has 3 N–H and O–H groups in total. The highest BCUT2D eigenvalue weighted by Gasteiger charge is 2.11. The fourth-order valence-corrected chi connectivity index (χ4v) is 3.28. The molecule has 24 heavy (non-hydrogen) atoms. The molecule has 1 fully saturated rings. The number of halogens is 1. The lowest BCUT2D eigenvalue weighted by Gasteiger charge is -2.15. The van der Waals surface area contributed by atoms with Crippen LogP contribution in [0.4, 0.5) is 11.8 Å². The van der Waals surface area contributed by atoms with Crippen LogP contribution < -0.4 is 11.1 Å². The van der Waals surface area contributed by atoms with E-state index in [9.17, 15) is 0 Å². The number of nitrogen functional groups attached to an aromatic ring is 1. The molecule has 0 spiro atoms. The summed E-state index contributed by atoms with van der Waals surface area (Å²) < 4.78 is 0. The Balaban J connectivity index is 1.66. The van der Waals surface area contributed by atoms with Gasteiger partial charge in [-0.15, -0.1) is 0 Å². The normalized spacial score (nSPS) is 14.9. The average Bonchev–Trinajstić information content (AvgIpc) is 3.07. The van der Waals surface area contributed by atoms with Gasteiger partial charge in [0.15, 0.2) is 0 Å². The maximum atomic E-state index is 6.21. The molecule has 0 saturated carbocycles. The van der Waals surface area contributed by atoms with Crippen LogP contribution in [0.1, 0.15) is 24.8 Å². The number of likely N-dealkylation sites (tertiary alicyclic amines) is 1. The van der Waals surface area contributed by atoms with Crippen LogP contribution in [0, 0.1) is 6.92 Å². The van der Waals surface area contributed by atoms with Gasteiger partial charge in [-0.2, -0.15) is 4.98 Å². The molecule has 0 bridgehead atoms. The molecule has 128 valence electrons. The fraction of sp³-hybridized carbons (Fsp3) is 0.444. The third-order valence-electron chi connectivity index (χ3n) is 4.44. The number of nitrogens with one attached hydrogen (secondary N) is 1. The van der Waals surface area contributed by atoms with Crippen LogP contribution in [0.2, 0.25) is 5.02 Å². The summed E-state index contributed by atoms with van der Waals surface area (Å²) in [4.78, 5) is 11.2. The lowest BCUT2D eigenvalue weighted by molar-refractivity contribution is 0.337. The van der Waals surface area contributed by atoms with Crippen LogP contribution in [-0.4, -0.2) is 41.0 Å². The van der Waals surface area contributed by atoms with E-state index in [0.29, 0.717) is 0 Å². The minimum absolute atomic E-state index is 0.272. The van der Waals surface area contributed by atoms with Gasteiger partial charge in [-0.25, -0.2) is 4.98 Å². The molecule has 3 rings (SSSR count). The van der Waals surface area contributed by atoms with Gasteiger partial charge in [-0.1, -0.05) is 23.7 Å². The highest BCUT2D eigenvalue weighted by Crippen LogP contribution is 2.28. The molecule has 0 amide bonds. The summed E-state index contributed by atoms with van der Waals surface area (Å²) in [6.45, 7) is 6.46. The van der Waals surface area contributed by atoms with Gasteiger partial charge in [0, 0.05) is 23.2 Å². The van der Waals surface area contributed by atoms with Crippen LogP contribution in [0.5, 0.6) is 0 Å². The number of hydrogen-bond donors (Lipinski definition) is 2. The zero-order chi connectivity index (χ0) is 16.9. The van der Waals surface area contributed by atoms with E-state index in [4.69, 9.17) is 17.3 Å². The number of nitrogens with zero attached hydrogens (tertiary/aromatic N) is 3. The zero-order valence-electron chi connectivity index (χ0n) is 14.1. The Hall–Kier alpha value is -1.85. The van der Waals surface area contributed by atoms with Crippen molar-refractivity contribution in [3.8, 4) is 11.3 Å². The van der Waals surface area contributed by atoms with Crippen molar-refractivity contribution in [3.63, 3.8) is 0 Å². The Morgan fingerprint density at radius 3 is 2.83 bits per heavy atom. The molecule has 2 heterocycles. The van der Waals surface area contributed by atoms with Crippen LogP contribution in [0.25, 0.3) is 11.3 Å². The Morgan fingerprint density at radius 2 is 2.04 bits per heavy atom. The van der Waals surface area contributed by atoms with E-state index in [1.807, 2.05) is 31.2 Å². The minimum Gasteiger partial charge on any atom is -0.370 e. The second-order valence-corrected chi connectivity index (χ2v) is 6.65.